The van der Waals surface area contributed by atoms with Crippen molar-refractivity contribution in [1.29, 1.82) is 0 Å². The molecule has 4 nitrogen and oxygen atoms in total. The summed E-state index contributed by atoms with van der Waals surface area (Å²) in [5.74, 6) is 0.263. The summed E-state index contributed by atoms with van der Waals surface area (Å²) in [5.41, 5.74) is 6.88. The van der Waals surface area contributed by atoms with Crippen molar-refractivity contribution in [3.8, 4) is 0 Å². The molecule has 21 heavy (non-hydrogen) atoms. The van der Waals surface area contributed by atoms with Crippen LogP contribution in [0.1, 0.15) is 24.3 Å². The number of carbonyl (C=O) groups is 1. The van der Waals surface area contributed by atoms with E-state index in [0.717, 1.165) is 36.2 Å². The molecule has 0 aliphatic heterocycles. The molecule has 1 fully saturated rings. The van der Waals surface area contributed by atoms with Crippen LogP contribution in [-0.4, -0.2) is 23.5 Å². The van der Waals surface area contributed by atoms with Gasteiger partial charge in [-0.05, 0) is 31.4 Å². The zero-order valence-corrected chi connectivity index (χ0v) is 13.4. The summed E-state index contributed by atoms with van der Waals surface area (Å²) < 4.78 is 1.20. The van der Waals surface area contributed by atoms with Gasteiger partial charge in [-0.3, -0.25) is 4.79 Å². The molecule has 1 aliphatic carbocycles. The smallest absolute Gasteiger partial charge is 0.223 e. The minimum atomic E-state index is 0. The van der Waals surface area contributed by atoms with Crippen molar-refractivity contribution in [2.75, 3.05) is 6.54 Å². The number of amides is 1. The highest BCUT2D eigenvalue weighted by atomic mass is 35.5. The van der Waals surface area contributed by atoms with E-state index in [1.807, 2.05) is 18.2 Å². The first-order chi connectivity index (χ1) is 9.72. The zero-order valence-electron chi connectivity index (χ0n) is 11.7. The van der Waals surface area contributed by atoms with Gasteiger partial charge >= 0.3 is 0 Å². The lowest BCUT2D eigenvalue weighted by molar-refractivity contribution is -0.124. The third-order valence-corrected chi connectivity index (χ3v) is 4.92. The third kappa shape index (κ3) is 3.93. The monoisotopic (exact) mass is 325 g/mol. The summed E-state index contributed by atoms with van der Waals surface area (Å²) in [5, 5.41) is 4.09. The molecule has 0 radical (unpaired) electrons. The van der Waals surface area contributed by atoms with Gasteiger partial charge in [0.2, 0.25) is 5.91 Å². The number of thiazole rings is 1. The Labute approximate surface area is 134 Å². The Morgan fingerprint density at radius 2 is 2.19 bits per heavy atom. The molecule has 2 aromatic rings. The van der Waals surface area contributed by atoms with Crippen molar-refractivity contribution in [3.63, 3.8) is 0 Å². The average Bonchev–Trinajstić information content (AvgIpc) is 3.04. The quantitative estimate of drug-likeness (QED) is 0.907. The number of hydrogen-bond acceptors (Lipinski definition) is 4. The first-order valence-corrected chi connectivity index (χ1v) is 7.92. The van der Waals surface area contributed by atoms with Crippen LogP contribution >= 0.6 is 23.7 Å². The highest BCUT2D eigenvalue weighted by molar-refractivity contribution is 7.18. The molecule has 6 heteroatoms. The maximum Gasteiger partial charge on any atom is 0.223 e. The molecule has 1 aliphatic rings. The lowest BCUT2D eigenvalue weighted by atomic mass is 10.1. The molecule has 0 spiro atoms. The van der Waals surface area contributed by atoms with E-state index >= 15 is 0 Å². The Kier molecular flexibility index (Phi) is 5.56. The Bertz CT molecular complexity index is 583. The predicted octanol–water partition coefficient (Wildman–Crippen LogP) is 2.50. The summed E-state index contributed by atoms with van der Waals surface area (Å²) >= 11 is 1.70. The fourth-order valence-corrected chi connectivity index (χ4v) is 3.69. The molecular formula is C15H20ClN3OS. The summed E-state index contributed by atoms with van der Waals surface area (Å²) in [6, 6.07) is 8.32. The highest BCUT2D eigenvalue weighted by Crippen LogP contribution is 2.24. The van der Waals surface area contributed by atoms with Crippen LogP contribution in [0.3, 0.4) is 0 Å². The number of para-hydroxylation sites is 1. The number of fused-ring (bicyclic) bond motifs is 1. The second kappa shape index (κ2) is 7.20. The van der Waals surface area contributed by atoms with Crippen LogP contribution in [0.2, 0.25) is 0 Å². The van der Waals surface area contributed by atoms with Crippen LogP contribution in [0, 0.1) is 5.92 Å². The van der Waals surface area contributed by atoms with Gasteiger partial charge in [0.25, 0.3) is 0 Å². The van der Waals surface area contributed by atoms with E-state index < -0.39 is 0 Å². The van der Waals surface area contributed by atoms with Crippen molar-refractivity contribution in [2.24, 2.45) is 11.7 Å². The molecule has 2 atom stereocenters. The minimum absolute atomic E-state index is 0. The average molecular weight is 326 g/mol. The van der Waals surface area contributed by atoms with Crippen LogP contribution in [0.5, 0.6) is 0 Å². The Morgan fingerprint density at radius 3 is 2.90 bits per heavy atom. The lowest BCUT2D eigenvalue weighted by Gasteiger charge is -2.09. The molecule has 3 N–H and O–H groups in total. The van der Waals surface area contributed by atoms with Crippen LogP contribution in [0.25, 0.3) is 10.2 Å². The lowest BCUT2D eigenvalue weighted by Crippen LogP contribution is -2.31. The number of nitrogens with two attached hydrogens (primary N) is 1. The van der Waals surface area contributed by atoms with Gasteiger partial charge in [-0.2, -0.15) is 0 Å². The molecule has 1 saturated carbocycles. The first kappa shape index (κ1) is 16.2. The van der Waals surface area contributed by atoms with Crippen molar-refractivity contribution in [2.45, 2.75) is 31.7 Å². The number of aromatic nitrogens is 1. The van der Waals surface area contributed by atoms with Crippen LogP contribution in [0.4, 0.5) is 0 Å². The maximum absolute atomic E-state index is 12.0. The van der Waals surface area contributed by atoms with Gasteiger partial charge in [0, 0.05) is 24.9 Å². The van der Waals surface area contributed by atoms with Gasteiger partial charge in [-0.1, -0.05) is 12.1 Å². The van der Waals surface area contributed by atoms with Gasteiger partial charge in [0.1, 0.15) is 0 Å². The number of hydrogen-bond donors (Lipinski definition) is 2. The second-order valence-corrected chi connectivity index (χ2v) is 6.50. The molecule has 0 saturated heterocycles. The van der Waals surface area contributed by atoms with Gasteiger partial charge in [0.05, 0.1) is 15.2 Å². The number of benzene rings is 1. The molecule has 2 unspecified atom stereocenters. The van der Waals surface area contributed by atoms with Crippen molar-refractivity contribution < 1.29 is 4.79 Å². The molecular weight excluding hydrogens is 306 g/mol. The van der Waals surface area contributed by atoms with E-state index in [0.29, 0.717) is 6.54 Å². The fourth-order valence-electron chi connectivity index (χ4n) is 2.72. The summed E-state index contributed by atoms with van der Waals surface area (Å²) in [7, 11) is 0. The van der Waals surface area contributed by atoms with E-state index in [4.69, 9.17) is 5.73 Å². The van der Waals surface area contributed by atoms with Crippen LogP contribution in [0.15, 0.2) is 24.3 Å². The van der Waals surface area contributed by atoms with E-state index in [-0.39, 0.29) is 30.3 Å². The Hall–Kier alpha value is -1.17. The fraction of sp³-hybridized carbons (Fsp3) is 0.467. The molecule has 0 bridgehead atoms. The molecule has 1 aromatic carbocycles. The zero-order chi connectivity index (χ0) is 13.9. The molecule has 114 valence electrons. The van der Waals surface area contributed by atoms with Crippen molar-refractivity contribution in [1.82, 2.24) is 10.3 Å². The minimum Gasteiger partial charge on any atom is -0.355 e. The first-order valence-electron chi connectivity index (χ1n) is 7.10. The van der Waals surface area contributed by atoms with E-state index in [9.17, 15) is 4.79 Å². The number of halogens is 1. The molecule has 1 aromatic heterocycles. The van der Waals surface area contributed by atoms with Gasteiger partial charge in [-0.15, -0.1) is 23.7 Å². The SMILES string of the molecule is Cl.NC1CCC(C(=O)NCCc2nc3ccccc3s2)C1. The second-order valence-electron chi connectivity index (χ2n) is 5.39. The summed E-state index contributed by atoms with van der Waals surface area (Å²) in [6.07, 6.45) is 3.51. The molecule has 3 rings (SSSR count). The van der Waals surface area contributed by atoms with Gasteiger partial charge < -0.3 is 11.1 Å². The number of carbonyl (C=O) groups excluding carboxylic acids is 1. The predicted molar refractivity (Wildman–Crippen MR) is 88.9 cm³/mol. The largest absolute Gasteiger partial charge is 0.355 e. The summed E-state index contributed by atoms with van der Waals surface area (Å²) in [4.78, 5) is 16.5. The summed E-state index contributed by atoms with van der Waals surface area (Å²) in [6.45, 7) is 0.657. The Morgan fingerprint density at radius 1 is 1.38 bits per heavy atom. The van der Waals surface area contributed by atoms with Gasteiger partial charge in [0.15, 0.2) is 0 Å². The van der Waals surface area contributed by atoms with E-state index in [2.05, 4.69) is 16.4 Å². The standard InChI is InChI=1S/C15H19N3OS.ClH/c16-11-6-5-10(9-11)15(19)17-8-7-14-18-12-3-1-2-4-13(12)20-14;/h1-4,10-11H,5-9,16H2,(H,17,19);1H. The maximum atomic E-state index is 12.0. The van der Waals surface area contributed by atoms with Crippen molar-refractivity contribution >= 4 is 39.9 Å². The van der Waals surface area contributed by atoms with E-state index in [1.54, 1.807) is 11.3 Å². The van der Waals surface area contributed by atoms with Crippen LogP contribution in [-0.2, 0) is 11.2 Å². The normalized spacial score (nSPS) is 21.2. The Balaban J connectivity index is 0.00000161. The number of nitrogens with one attached hydrogen (secondary N) is 1. The number of rotatable bonds is 4. The van der Waals surface area contributed by atoms with Crippen molar-refractivity contribution in [3.05, 3.63) is 29.3 Å². The number of nitrogens with zero attached hydrogens (tertiary/aromatic N) is 1. The molecule has 1 amide bonds. The highest BCUT2D eigenvalue weighted by Gasteiger charge is 2.27. The topological polar surface area (TPSA) is 68.0 Å². The van der Waals surface area contributed by atoms with Gasteiger partial charge in [-0.25, -0.2) is 4.98 Å². The molecule has 1 heterocycles. The third-order valence-electron chi connectivity index (χ3n) is 3.82. The van der Waals surface area contributed by atoms with E-state index in [1.165, 1.54) is 4.70 Å². The van der Waals surface area contributed by atoms with Crippen LogP contribution < -0.4 is 11.1 Å².